The van der Waals surface area contributed by atoms with E-state index in [-0.39, 0.29) is 18.0 Å². The van der Waals surface area contributed by atoms with Crippen LogP contribution in [0.3, 0.4) is 0 Å². The highest BCUT2D eigenvalue weighted by atomic mass is 16.6. The smallest absolute Gasteiger partial charge is 0.311 e. The number of carbonyl (C=O) groups excluding carboxylic acids is 1. The molecule has 0 bridgehead atoms. The maximum absolute atomic E-state index is 11.6. The molecule has 0 radical (unpaired) electrons. The summed E-state index contributed by atoms with van der Waals surface area (Å²) in [6.07, 6.45) is 3.48. The predicted octanol–water partition coefficient (Wildman–Crippen LogP) is 2.28. The summed E-state index contributed by atoms with van der Waals surface area (Å²) < 4.78 is 10.2. The van der Waals surface area contributed by atoms with Crippen molar-refractivity contribution < 1.29 is 18.9 Å². The summed E-state index contributed by atoms with van der Waals surface area (Å²) in [7, 11) is 0. The monoisotopic (exact) mass is 317 g/mol. The Morgan fingerprint density at radius 1 is 1.48 bits per heavy atom. The predicted molar refractivity (Wildman–Crippen MR) is 82.4 cm³/mol. The van der Waals surface area contributed by atoms with E-state index in [9.17, 15) is 14.9 Å². The van der Waals surface area contributed by atoms with Crippen LogP contribution in [0.2, 0.25) is 0 Å². The maximum Gasteiger partial charge on any atom is 0.311 e. The van der Waals surface area contributed by atoms with Gasteiger partial charge in [0.25, 0.3) is 5.91 Å². The van der Waals surface area contributed by atoms with E-state index in [2.05, 4.69) is 10.5 Å². The normalized spacial score (nSPS) is 10.7. The van der Waals surface area contributed by atoms with E-state index in [0.717, 1.165) is 5.56 Å². The largest absolute Gasteiger partial charge is 0.477 e. The third-order valence-corrected chi connectivity index (χ3v) is 2.91. The first-order valence-corrected chi connectivity index (χ1v) is 6.85. The van der Waals surface area contributed by atoms with E-state index in [0.29, 0.717) is 12.2 Å². The molecule has 2 rings (SSSR count). The summed E-state index contributed by atoms with van der Waals surface area (Å²) in [6.45, 7) is 1.51. The topological polar surface area (TPSA) is 107 Å². The van der Waals surface area contributed by atoms with E-state index in [1.807, 2.05) is 6.92 Å². The van der Waals surface area contributed by atoms with Gasteiger partial charge in [-0.25, -0.2) is 5.43 Å². The molecule has 1 heterocycles. The minimum absolute atomic E-state index is 0.0392. The number of furan rings is 1. The molecule has 8 heteroatoms. The number of hydrogen-bond donors (Lipinski definition) is 1. The number of nitrogens with one attached hydrogen (secondary N) is 1. The van der Waals surface area contributed by atoms with Gasteiger partial charge in [-0.2, -0.15) is 5.10 Å². The molecule has 0 unspecified atom stereocenters. The van der Waals surface area contributed by atoms with Crippen molar-refractivity contribution in [3.8, 4) is 5.75 Å². The van der Waals surface area contributed by atoms with E-state index >= 15 is 0 Å². The molecular weight excluding hydrogens is 302 g/mol. The zero-order chi connectivity index (χ0) is 16.7. The summed E-state index contributed by atoms with van der Waals surface area (Å²) in [4.78, 5) is 22.1. The third kappa shape index (κ3) is 4.67. The minimum Gasteiger partial charge on any atom is -0.477 e. The second kappa shape index (κ2) is 7.74. The Morgan fingerprint density at radius 2 is 2.30 bits per heavy atom. The summed E-state index contributed by atoms with van der Waals surface area (Å²) >= 11 is 0. The standard InChI is InChI=1S/C15H15N3O5/c1-2-11-5-6-14(13(8-11)18(20)21)23-10-15(19)17-16-9-12-4-3-7-22-12/h3-9H,2,10H2,1H3,(H,17,19)/b16-9+. The molecule has 0 aliphatic heterocycles. The molecule has 0 aliphatic rings. The van der Waals surface area contributed by atoms with E-state index in [4.69, 9.17) is 9.15 Å². The first-order valence-electron chi connectivity index (χ1n) is 6.85. The lowest BCUT2D eigenvalue weighted by atomic mass is 10.1. The van der Waals surface area contributed by atoms with Gasteiger partial charge in [-0.15, -0.1) is 0 Å². The first kappa shape index (κ1) is 16.2. The van der Waals surface area contributed by atoms with Gasteiger partial charge < -0.3 is 9.15 Å². The summed E-state index contributed by atoms with van der Waals surface area (Å²) in [5.74, 6) is -0.0175. The highest BCUT2D eigenvalue weighted by Crippen LogP contribution is 2.28. The lowest BCUT2D eigenvalue weighted by Gasteiger charge is -2.06. The van der Waals surface area contributed by atoms with Crippen LogP contribution < -0.4 is 10.2 Å². The molecule has 0 saturated heterocycles. The van der Waals surface area contributed by atoms with Crippen LogP contribution in [0.25, 0.3) is 0 Å². The van der Waals surface area contributed by atoms with Crippen LogP contribution in [0.1, 0.15) is 18.2 Å². The number of hydrogen-bond acceptors (Lipinski definition) is 6. The van der Waals surface area contributed by atoms with Crippen LogP contribution in [0, 0.1) is 10.1 Å². The lowest BCUT2D eigenvalue weighted by Crippen LogP contribution is -2.24. The van der Waals surface area contributed by atoms with E-state index < -0.39 is 10.8 Å². The Hall–Kier alpha value is -3.16. The molecule has 8 nitrogen and oxygen atoms in total. The molecule has 1 aromatic carbocycles. The number of benzene rings is 1. The molecule has 2 aromatic rings. The highest BCUT2D eigenvalue weighted by molar-refractivity contribution is 5.81. The Bertz CT molecular complexity index is 710. The molecule has 1 amide bonds. The summed E-state index contributed by atoms with van der Waals surface area (Å²) in [5, 5.41) is 14.7. The number of nitro benzene ring substituents is 1. The summed E-state index contributed by atoms with van der Waals surface area (Å²) in [6, 6.07) is 7.99. The van der Waals surface area contributed by atoms with Gasteiger partial charge >= 0.3 is 5.69 Å². The van der Waals surface area contributed by atoms with Crippen molar-refractivity contribution in [1.82, 2.24) is 5.43 Å². The second-order valence-corrected chi connectivity index (χ2v) is 4.51. The van der Waals surface area contributed by atoms with Crippen molar-refractivity contribution in [3.05, 3.63) is 58.0 Å². The number of aryl methyl sites for hydroxylation is 1. The fraction of sp³-hybridized carbons (Fsp3) is 0.200. The second-order valence-electron chi connectivity index (χ2n) is 4.51. The zero-order valence-corrected chi connectivity index (χ0v) is 12.4. The van der Waals surface area contributed by atoms with E-state index in [1.165, 1.54) is 24.6 Å². The molecule has 1 N–H and O–H groups in total. The van der Waals surface area contributed by atoms with Crippen molar-refractivity contribution in [2.75, 3.05) is 6.61 Å². The fourth-order valence-corrected chi connectivity index (χ4v) is 1.76. The van der Waals surface area contributed by atoms with Gasteiger partial charge in [-0.1, -0.05) is 13.0 Å². The Labute approximate surface area is 131 Å². The van der Waals surface area contributed by atoms with Gasteiger partial charge in [0.05, 0.1) is 17.4 Å². The van der Waals surface area contributed by atoms with Crippen LogP contribution in [0.15, 0.2) is 46.1 Å². The van der Waals surface area contributed by atoms with Gasteiger partial charge in [-0.3, -0.25) is 14.9 Å². The molecule has 23 heavy (non-hydrogen) atoms. The Balaban J connectivity index is 1.92. The molecule has 0 spiro atoms. The zero-order valence-electron chi connectivity index (χ0n) is 12.4. The van der Waals surface area contributed by atoms with Crippen molar-refractivity contribution in [2.45, 2.75) is 13.3 Å². The van der Waals surface area contributed by atoms with Gasteiger partial charge in [0, 0.05) is 6.07 Å². The van der Waals surface area contributed by atoms with Crippen molar-refractivity contribution in [1.29, 1.82) is 0 Å². The lowest BCUT2D eigenvalue weighted by molar-refractivity contribution is -0.385. The van der Waals surface area contributed by atoms with Crippen LogP contribution in [0.4, 0.5) is 5.69 Å². The van der Waals surface area contributed by atoms with Gasteiger partial charge in [0.15, 0.2) is 12.4 Å². The highest BCUT2D eigenvalue weighted by Gasteiger charge is 2.16. The van der Waals surface area contributed by atoms with Crippen molar-refractivity contribution in [3.63, 3.8) is 0 Å². The molecule has 0 aliphatic carbocycles. The number of nitrogens with zero attached hydrogens (tertiary/aromatic N) is 2. The molecular formula is C15H15N3O5. The van der Waals surface area contributed by atoms with Crippen LogP contribution in [-0.2, 0) is 11.2 Å². The van der Waals surface area contributed by atoms with Crippen LogP contribution in [0.5, 0.6) is 5.75 Å². The van der Waals surface area contributed by atoms with Crippen molar-refractivity contribution in [2.24, 2.45) is 5.10 Å². The summed E-state index contributed by atoms with van der Waals surface area (Å²) in [5.41, 5.74) is 2.88. The average Bonchev–Trinajstić information content (AvgIpc) is 3.06. The molecule has 120 valence electrons. The fourth-order valence-electron chi connectivity index (χ4n) is 1.76. The van der Waals surface area contributed by atoms with Gasteiger partial charge in [-0.05, 0) is 30.2 Å². The number of rotatable bonds is 7. The average molecular weight is 317 g/mol. The third-order valence-electron chi connectivity index (χ3n) is 2.91. The Morgan fingerprint density at radius 3 is 2.96 bits per heavy atom. The van der Waals surface area contributed by atoms with Gasteiger partial charge in [0.1, 0.15) is 5.76 Å². The quantitative estimate of drug-likeness (QED) is 0.479. The van der Waals surface area contributed by atoms with E-state index in [1.54, 1.807) is 18.2 Å². The minimum atomic E-state index is -0.540. The van der Waals surface area contributed by atoms with Crippen molar-refractivity contribution >= 4 is 17.8 Å². The Kier molecular flexibility index (Phi) is 5.45. The van der Waals surface area contributed by atoms with Crippen LogP contribution >= 0.6 is 0 Å². The number of carbonyl (C=O) groups is 1. The van der Waals surface area contributed by atoms with Crippen LogP contribution in [-0.4, -0.2) is 23.7 Å². The maximum atomic E-state index is 11.6. The van der Waals surface area contributed by atoms with Gasteiger partial charge in [0.2, 0.25) is 0 Å². The molecule has 0 saturated carbocycles. The number of ether oxygens (including phenoxy) is 1. The number of hydrazone groups is 1. The molecule has 1 aromatic heterocycles. The SMILES string of the molecule is CCc1ccc(OCC(=O)N/N=C/c2ccco2)c([N+](=O)[O-])c1. The first-order chi connectivity index (χ1) is 11.1. The number of amides is 1. The molecule has 0 atom stereocenters. The molecule has 0 fully saturated rings. The number of nitro groups is 1.